The topological polar surface area (TPSA) is 50.9 Å². The Morgan fingerprint density at radius 2 is 2.40 bits per heavy atom. The Morgan fingerprint density at radius 3 is 2.93 bits per heavy atom. The summed E-state index contributed by atoms with van der Waals surface area (Å²) in [5, 5.41) is 14.2. The van der Waals surface area contributed by atoms with Gasteiger partial charge in [-0.15, -0.1) is 11.3 Å². The second-order valence-electron chi connectivity index (χ2n) is 3.33. The van der Waals surface area contributed by atoms with E-state index in [0.29, 0.717) is 0 Å². The predicted octanol–water partition coefficient (Wildman–Crippen LogP) is 1.75. The number of hydrogen-bond donors (Lipinski definition) is 1. The molecule has 2 aromatic rings. The Kier molecular flexibility index (Phi) is 2.83. The molecule has 5 heteroatoms. The van der Waals surface area contributed by atoms with Crippen molar-refractivity contribution in [3.63, 3.8) is 0 Å². The van der Waals surface area contributed by atoms with Gasteiger partial charge in [-0.3, -0.25) is 4.68 Å². The van der Waals surface area contributed by atoms with E-state index in [1.54, 1.807) is 16.4 Å². The molecule has 0 aliphatic carbocycles. The molecule has 0 radical (unpaired) electrons. The molecule has 4 nitrogen and oxygen atoms in total. The normalized spacial score (nSPS) is 13.0. The van der Waals surface area contributed by atoms with E-state index in [9.17, 15) is 5.11 Å². The van der Waals surface area contributed by atoms with Gasteiger partial charge in [0.15, 0.2) is 0 Å². The molecule has 2 rings (SSSR count). The molecule has 0 amide bonds. The number of aliphatic hydroxyl groups excluding tert-OH is 1. The standard InChI is InChI=1S/C10H13N3OS/c1-3-13-5-8(4-12-13)9(14)10-7(2)11-6-15-10/h4-6,9,14H,3H2,1-2H3. The van der Waals surface area contributed by atoms with Crippen LogP contribution >= 0.6 is 11.3 Å². The van der Waals surface area contributed by atoms with Crippen molar-refractivity contribution in [2.24, 2.45) is 0 Å². The summed E-state index contributed by atoms with van der Waals surface area (Å²) < 4.78 is 1.80. The summed E-state index contributed by atoms with van der Waals surface area (Å²) in [5.41, 5.74) is 3.46. The Hall–Kier alpha value is -1.20. The van der Waals surface area contributed by atoms with Gasteiger partial charge in [-0.1, -0.05) is 0 Å². The lowest BCUT2D eigenvalue weighted by atomic mass is 10.1. The zero-order valence-electron chi connectivity index (χ0n) is 8.71. The van der Waals surface area contributed by atoms with E-state index in [1.165, 1.54) is 11.3 Å². The minimum Gasteiger partial charge on any atom is -0.383 e. The van der Waals surface area contributed by atoms with E-state index >= 15 is 0 Å². The Labute approximate surface area is 92.2 Å². The van der Waals surface area contributed by atoms with Gasteiger partial charge in [0.25, 0.3) is 0 Å². The number of thiazole rings is 1. The van der Waals surface area contributed by atoms with Crippen LogP contribution in [0.1, 0.15) is 29.2 Å². The average molecular weight is 223 g/mol. The van der Waals surface area contributed by atoms with E-state index in [4.69, 9.17) is 0 Å². The van der Waals surface area contributed by atoms with E-state index < -0.39 is 6.10 Å². The lowest BCUT2D eigenvalue weighted by Crippen LogP contribution is -1.98. The molecule has 0 spiro atoms. The number of rotatable bonds is 3. The van der Waals surface area contributed by atoms with Gasteiger partial charge in [0.2, 0.25) is 0 Å². The lowest BCUT2D eigenvalue weighted by Gasteiger charge is -2.05. The van der Waals surface area contributed by atoms with Crippen LogP contribution in [0.3, 0.4) is 0 Å². The predicted molar refractivity (Wildman–Crippen MR) is 58.8 cm³/mol. The third-order valence-corrected chi connectivity index (χ3v) is 3.31. The first-order chi connectivity index (χ1) is 7.22. The van der Waals surface area contributed by atoms with Crippen molar-refractivity contribution < 1.29 is 5.11 Å². The number of nitrogens with zero attached hydrogens (tertiary/aromatic N) is 3. The second-order valence-corrected chi connectivity index (χ2v) is 4.22. The van der Waals surface area contributed by atoms with Gasteiger partial charge in [0.05, 0.1) is 22.3 Å². The fraction of sp³-hybridized carbons (Fsp3) is 0.400. The van der Waals surface area contributed by atoms with Crippen LogP contribution in [0.2, 0.25) is 0 Å². The molecule has 0 fully saturated rings. The average Bonchev–Trinajstić information content (AvgIpc) is 2.84. The highest BCUT2D eigenvalue weighted by Crippen LogP contribution is 2.27. The summed E-state index contributed by atoms with van der Waals surface area (Å²) in [6.07, 6.45) is 2.97. The van der Waals surface area contributed by atoms with Gasteiger partial charge in [-0.25, -0.2) is 4.98 Å². The van der Waals surface area contributed by atoms with E-state index in [-0.39, 0.29) is 0 Å². The molecule has 0 aliphatic rings. The molecule has 2 heterocycles. The zero-order valence-corrected chi connectivity index (χ0v) is 9.53. The molecule has 80 valence electrons. The minimum absolute atomic E-state index is 0.599. The molecular formula is C10H13N3OS. The minimum atomic E-state index is -0.599. The zero-order chi connectivity index (χ0) is 10.8. The molecule has 1 atom stereocenters. The number of aromatic nitrogens is 3. The van der Waals surface area contributed by atoms with Crippen molar-refractivity contribution in [1.82, 2.24) is 14.8 Å². The SMILES string of the molecule is CCn1cc(C(O)c2scnc2C)cn1. The van der Waals surface area contributed by atoms with Crippen LogP contribution in [-0.2, 0) is 6.54 Å². The van der Waals surface area contributed by atoms with E-state index in [0.717, 1.165) is 22.7 Å². The van der Waals surface area contributed by atoms with Crippen molar-refractivity contribution in [1.29, 1.82) is 0 Å². The third-order valence-electron chi connectivity index (χ3n) is 2.32. The molecule has 0 aliphatic heterocycles. The van der Waals surface area contributed by atoms with Crippen molar-refractivity contribution >= 4 is 11.3 Å². The molecule has 0 aromatic carbocycles. The molecule has 15 heavy (non-hydrogen) atoms. The van der Waals surface area contributed by atoms with Gasteiger partial charge in [-0.2, -0.15) is 5.10 Å². The van der Waals surface area contributed by atoms with Crippen LogP contribution in [0.5, 0.6) is 0 Å². The summed E-state index contributed by atoms with van der Waals surface area (Å²) in [6.45, 7) is 4.73. The summed E-state index contributed by atoms with van der Waals surface area (Å²) in [4.78, 5) is 5.02. The molecule has 1 unspecified atom stereocenters. The molecular weight excluding hydrogens is 210 g/mol. The molecule has 2 aromatic heterocycles. The summed E-state index contributed by atoms with van der Waals surface area (Å²) in [5.74, 6) is 0. The highest BCUT2D eigenvalue weighted by Gasteiger charge is 2.16. The summed E-state index contributed by atoms with van der Waals surface area (Å²) in [7, 11) is 0. The molecule has 0 bridgehead atoms. The number of aryl methyl sites for hydroxylation is 2. The van der Waals surface area contributed by atoms with Crippen LogP contribution in [-0.4, -0.2) is 19.9 Å². The Bertz CT molecular complexity index is 449. The van der Waals surface area contributed by atoms with Crippen LogP contribution in [0, 0.1) is 6.92 Å². The fourth-order valence-electron chi connectivity index (χ4n) is 1.42. The van der Waals surface area contributed by atoms with Crippen LogP contribution in [0.25, 0.3) is 0 Å². The highest BCUT2D eigenvalue weighted by molar-refractivity contribution is 7.09. The quantitative estimate of drug-likeness (QED) is 0.862. The second kappa shape index (κ2) is 4.12. The fourth-order valence-corrected chi connectivity index (χ4v) is 2.23. The van der Waals surface area contributed by atoms with Crippen LogP contribution < -0.4 is 0 Å². The first-order valence-corrected chi connectivity index (χ1v) is 5.70. The monoisotopic (exact) mass is 223 g/mol. The van der Waals surface area contributed by atoms with Gasteiger partial charge < -0.3 is 5.11 Å². The summed E-state index contributed by atoms with van der Waals surface area (Å²) in [6, 6.07) is 0. The smallest absolute Gasteiger partial charge is 0.118 e. The Balaban J connectivity index is 2.28. The molecule has 1 N–H and O–H groups in total. The molecule has 0 saturated heterocycles. The van der Waals surface area contributed by atoms with Crippen molar-refractivity contribution in [3.05, 3.63) is 34.0 Å². The van der Waals surface area contributed by atoms with Gasteiger partial charge in [-0.05, 0) is 13.8 Å². The maximum absolute atomic E-state index is 10.1. The van der Waals surface area contributed by atoms with Crippen LogP contribution in [0.4, 0.5) is 0 Å². The third kappa shape index (κ3) is 1.93. The lowest BCUT2D eigenvalue weighted by molar-refractivity contribution is 0.223. The van der Waals surface area contributed by atoms with Gasteiger partial charge >= 0.3 is 0 Å². The maximum atomic E-state index is 10.1. The van der Waals surface area contributed by atoms with E-state index in [2.05, 4.69) is 10.1 Å². The Morgan fingerprint density at radius 1 is 1.60 bits per heavy atom. The van der Waals surface area contributed by atoms with E-state index in [1.807, 2.05) is 20.0 Å². The first-order valence-electron chi connectivity index (χ1n) is 4.82. The molecule has 0 saturated carbocycles. The number of aliphatic hydroxyl groups is 1. The van der Waals surface area contributed by atoms with Crippen molar-refractivity contribution in [3.8, 4) is 0 Å². The largest absolute Gasteiger partial charge is 0.383 e. The van der Waals surface area contributed by atoms with Crippen molar-refractivity contribution in [2.75, 3.05) is 0 Å². The van der Waals surface area contributed by atoms with Gasteiger partial charge in [0, 0.05) is 18.3 Å². The summed E-state index contributed by atoms with van der Waals surface area (Å²) >= 11 is 1.47. The van der Waals surface area contributed by atoms with Crippen LogP contribution in [0.15, 0.2) is 17.9 Å². The van der Waals surface area contributed by atoms with Gasteiger partial charge in [0.1, 0.15) is 6.10 Å². The first kappa shape index (κ1) is 10.3. The number of hydrogen-bond acceptors (Lipinski definition) is 4. The maximum Gasteiger partial charge on any atom is 0.118 e. The highest BCUT2D eigenvalue weighted by atomic mass is 32.1. The van der Waals surface area contributed by atoms with Crippen molar-refractivity contribution in [2.45, 2.75) is 26.5 Å².